The van der Waals surface area contributed by atoms with Crippen molar-refractivity contribution < 1.29 is 14.8 Å². The zero-order chi connectivity index (χ0) is 15.0. The lowest BCUT2D eigenvalue weighted by atomic mass is 10.1. The van der Waals surface area contributed by atoms with Crippen LogP contribution in [0.3, 0.4) is 0 Å². The van der Waals surface area contributed by atoms with Gasteiger partial charge >= 0.3 is 5.97 Å². The van der Waals surface area contributed by atoms with Crippen LogP contribution in [0.4, 0.5) is 5.69 Å². The van der Waals surface area contributed by atoms with Crippen LogP contribution >= 0.6 is 11.3 Å². The van der Waals surface area contributed by atoms with Crippen LogP contribution in [0.15, 0.2) is 42.5 Å². The minimum absolute atomic E-state index is 0.0807. The summed E-state index contributed by atoms with van der Waals surface area (Å²) in [5.74, 6) is -1.06. The van der Waals surface area contributed by atoms with E-state index in [0.29, 0.717) is 15.3 Å². The maximum absolute atomic E-state index is 11.3. The van der Waals surface area contributed by atoms with Crippen LogP contribution in [-0.2, 0) is 0 Å². The van der Waals surface area contributed by atoms with Gasteiger partial charge in [-0.3, -0.25) is 10.1 Å². The van der Waals surface area contributed by atoms with E-state index in [9.17, 15) is 20.0 Å². The molecule has 3 aromatic rings. The first kappa shape index (κ1) is 13.2. The number of aromatic carboxylic acids is 1. The molecule has 0 atom stereocenters. The Hall–Kier alpha value is -2.80. The van der Waals surface area contributed by atoms with Crippen LogP contribution < -0.4 is 0 Å². The summed E-state index contributed by atoms with van der Waals surface area (Å²) >= 11 is 1.23. The van der Waals surface area contributed by atoms with Gasteiger partial charge in [-0.1, -0.05) is 24.3 Å². The lowest BCUT2D eigenvalue weighted by molar-refractivity contribution is -0.383. The molecule has 0 aliphatic carbocycles. The van der Waals surface area contributed by atoms with Crippen molar-refractivity contribution in [3.8, 4) is 10.6 Å². The molecule has 2 aromatic carbocycles. The molecule has 6 nitrogen and oxygen atoms in total. The van der Waals surface area contributed by atoms with E-state index in [4.69, 9.17) is 0 Å². The molecule has 21 heavy (non-hydrogen) atoms. The molecule has 1 aromatic heterocycles. The number of benzene rings is 2. The van der Waals surface area contributed by atoms with Crippen LogP contribution in [0.5, 0.6) is 0 Å². The monoisotopic (exact) mass is 300 g/mol. The van der Waals surface area contributed by atoms with Crippen LogP contribution in [0.2, 0.25) is 0 Å². The van der Waals surface area contributed by atoms with Crippen molar-refractivity contribution in [2.45, 2.75) is 0 Å². The molecule has 0 spiro atoms. The molecule has 0 fully saturated rings. The zero-order valence-corrected chi connectivity index (χ0v) is 11.3. The molecule has 0 unspecified atom stereocenters. The van der Waals surface area contributed by atoms with E-state index >= 15 is 0 Å². The fourth-order valence-electron chi connectivity index (χ4n) is 2.05. The number of nitro benzene ring substituents is 1. The SMILES string of the molecule is O=C(O)c1ccccc1-c1nc2c([N+](=O)[O-])cccc2s1. The highest BCUT2D eigenvalue weighted by atomic mass is 32.1. The molecule has 0 aliphatic heterocycles. The number of rotatable bonds is 3. The van der Waals surface area contributed by atoms with E-state index in [1.807, 2.05) is 0 Å². The van der Waals surface area contributed by atoms with Crippen molar-refractivity contribution in [2.75, 3.05) is 0 Å². The number of hydrogen-bond donors (Lipinski definition) is 1. The molecule has 1 N–H and O–H groups in total. The van der Waals surface area contributed by atoms with Crippen LogP contribution in [-0.4, -0.2) is 21.0 Å². The minimum Gasteiger partial charge on any atom is -0.478 e. The normalized spacial score (nSPS) is 10.7. The van der Waals surface area contributed by atoms with Crippen molar-refractivity contribution in [3.05, 3.63) is 58.1 Å². The van der Waals surface area contributed by atoms with Crippen molar-refractivity contribution >= 4 is 33.2 Å². The second-order valence-electron chi connectivity index (χ2n) is 4.25. The Bertz CT molecular complexity index is 872. The molecule has 0 aliphatic rings. The van der Waals surface area contributed by atoms with Gasteiger partial charge in [0.25, 0.3) is 5.69 Å². The Labute approximate surface area is 122 Å². The standard InChI is InChI=1S/C14H8N2O4S/c17-14(18)9-5-2-1-4-8(9)13-15-12-10(16(19)20)6-3-7-11(12)21-13/h1-7H,(H,17,18). The van der Waals surface area contributed by atoms with Gasteiger partial charge in [0.2, 0.25) is 0 Å². The van der Waals surface area contributed by atoms with E-state index in [1.54, 1.807) is 30.3 Å². The minimum atomic E-state index is -1.06. The topological polar surface area (TPSA) is 93.3 Å². The summed E-state index contributed by atoms with van der Waals surface area (Å²) in [5.41, 5.74) is 0.783. The van der Waals surface area contributed by atoms with E-state index < -0.39 is 10.9 Å². The fraction of sp³-hybridized carbons (Fsp3) is 0. The molecule has 104 valence electrons. The molecule has 0 bridgehead atoms. The van der Waals surface area contributed by atoms with Gasteiger partial charge in [0.1, 0.15) is 5.01 Å². The first-order chi connectivity index (χ1) is 10.1. The van der Waals surface area contributed by atoms with E-state index in [0.717, 1.165) is 0 Å². The number of nitro groups is 1. The van der Waals surface area contributed by atoms with Crippen molar-refractivity contribution in [1.29, 1.82) is 0 Å². The molecule has 0 saturated heterocycles. The number of carboxylic acids is 1. The zero-order valence-electron chi connectivity index (χ0n) is 10.5. The second-order valence-corrected chi connectivity index (χ2v) is 5.28. The van der Waals surface area contributed by atoms with Crippen LogP contribution in [0, 0.1) is 10.1 Å². The molecule has 3 rings (SSSR count). The number of carboxylic acid groups (broad SMARTS) is 1. The number of fused-ring (bicyclic) bond motifs is 1. The van der Waals surface area contributed by atoms with Gasteiger partial charge in [-0.25, -0.2) is 9.78 Å². The third-order valence-corrected chi connectivity index (χ3v) is 4.04. The molecule has 1 heterocycles. The van der Waals surface area contributed by atoms with Crippen molar-refractivity contribution in [2.24, 2.45) is 0 Å². The molecular weight excluding hydrogens is 292 g/mol. The van der Waals surface area contributed by atoms with Gasteiger partial charge in [0.15, 0.2) is 5.52 Å². The smallest absolute Gasteiger partial charge is 0.336 e. The number of hydrogen-bond acceptors (Lipinski definition) is 5. The van der Waals surface area contributed by atoms with E-state index in [1.165, 1.54) is 23.5 Å². The third kappa shape index (κ3) is 2.23. The largest absolute Gasteiger partial charge is 0.478 e. The Balaban J connectivity index is 2.26. The highest BCUT2D eigenvalue weighted by molar-refractivity contribution is 7.21. The Morgan fingerprint density at radius 1 is 1.19 bits per heavy atom. The average Bonchev–Trinajstić information content (AvgIpc) is 2.90. The van der Waals surface area contributed by atoms with E-state index in [2.05, 4.69) is 4.98 Å². The molecular formula is C14H8N2O4S. The third-order valence-electron chi connectivity index (χ3n) is 2.98. The Morgan fingerprint density at radius 3 is 2.67 bits per heavy atom. The highest BCUT2D eigenvalue weighted by Crippen LogP contribution is 2.35. The average molecular weight is 300 g/mol. The van der Waals surface area contributed by atoms with Crippen LogP contribution in [0.1, 0.15) is 10.4 Å². The van der Waals surface area contributed by atoms with Gasteiger partial charge in [-0.05, 0) is 12.1 Å². The molecule has 0 saturated carbocycles. The molecule has 0 amide bonds. The van der Waals surface area contributed by atoms with Crippen LogP contribution in [0.25, 0.3) is 20.8 Å². The van der Waals surface area contributed by atoms with Gasteiger partial charge in [0.05, 0.1) is 15.2 Å². The number of carbonyl (C=O) groups is 1. The van der Waals surface area contributed by atoms with Gasteiger partial charge in [-0.2, -0.15) is 0 Å². The highest BCUT2D eigenvalue weighted by Gasteiger charge is 2.19. The van der Waals surface area contributed by atoms with Crippen molar-refractivity contribution in [3.63, 3.8) is 0 Å². The lowest BCUT2D eigenvalue weighted by Gasteiger charge is -2.01. The summed E-state index contributed by atoms with van der Waals surface area (Å²) < 4.78 is 0.652. The lowest BCUT2D eigenvalue weighted by Crippen LogP contribution is -1.98. The second kappa shape index (κ2) is 4.95. The first-order valence-electron chi connectivity index (χ1n) is 5.94. The maximum atomic E-state index is 11.3. The molecule has 7 heteroatoms. The first-order valence-corrected chi connectivity index (χ1v) is 6.76. The predicted octanol–water partition coefficient (Wildman–Crippen LogP) is 3.57. The number of thiazole rings is 1. The Morgan fingerprint density at radius 2 is 1.95 bits per heavy atom. The summed E-state index contributed by atoms with van der Waals surface area (Å²) in [7, 11) is 0. The maximum Gasteiger partial charge on any atom is 0.336 e. The summed E-state index contributed by atoms with van der Waals surface area (Å²) in [4.78, 5) is 26.0. The van der Waals surface area contributed by atoms with Gasteiger partial charge < -0.3 is 5.11 Å². The van der Waals surface area contributed by atoms with Crippen molar-refractivity contribution in [1.82, 2.24) is 4.98 Å². The summed E-state index contributed by atoms with van der Waals surface area (Å²) in [6.07, 6.45) is 0. The number of para-hydroxylation sites is 1. The molecule has 0 radical (unpaired) electrons. The number of non-ortho nitro benzene ring substituents is 1. The fourth-order valence-corrected chi connectivity index (χ4v) is 3.08. The number of nitrogens with zero attached hydrogens (tertiary/aromatic N) is 2. The number of aromatic nitrogens is 1. The van der Waals surface area contributed by atoms with Gasteiger partial charge in [-0.15, -0.1) is 11.3 Å². The van der Waals surface area contributed by atoms with Gasteiger partial charge in [0, 0.05) is 11.6 Å². The predicted molar refractivity (Wildman–Crippen MR) is 78.7 cm³/mol. The summed E-state index contributed by atoms with van der Waals surface area (Å²) in [6.45, 7) is 0. The summed E-state index contributed by atoms with van der Waals surface area (Å²) in [5, 5.41) is 20.7. The van der Waals surface area contributed by atoms with E-state index in [-0.39, 0.29) is 16.8 Å². The quantitative estimate of drug-likeness (QED) is 0.589. The summed E-state index contributed by atoms with van der Waals surface area (Å²) in [6, 6.07) is 11.2. The Kier molecular flexibility index (Phi) is 3.11.